The highest BCUT2D eigenvalue weighted by Crippen LogP contribution is 2.40. The van der Waals surface area contributed by atoms with E-state index in [1.165, 1.54) is 18.4 Å². The first-order chi connectivity index (χ1) is 12.0. The average Bonchev–Trinajstić information content (AvgIpc) is 3.38. The van der Waals surface area contributed by atoms with E-state index in [4.69, 9.17) is 0 Å². The lowest BCUT2D eigenvalue weighted by Gasteiger charge is -2.23. The Morgan fingerprint density at radius 2 is 2.00 bits per heavy atom. The number of carbonyl (C=O) groups is 1. The van der Waals surface area contributed by atoms with Gasteiger partial charge in [0.15, 0.2) is 0 Å². The maximum Gasteiger partial charge on any atom is 0.234 e. The molecule has 1 saturated carbocycles. The van der Waals surface area contributed by atoms with Gasteiger partial charge in [-0.1, -0.05) is 30.3 Å². The predicted octanol–water partition coefficient (Wildman–Crippen LogP) is 3.00. The molecule has 0 aliphatic heterocycles. The van der Waals surface area contributed by atoms with Gasteiger partial charge in [-0.05, 0) is 50.7 Å². The molecule has 1 fully saturated rings. The van der Waals surface area contributed by atoms with Crippen molar-refractivity contribution in [2.75, 3.05) is 6.54 Å². The van der Waals surface area contributed by atoms with Crippen molar-refractivity contribution in [1.82, 2.24) is 20.4 Å². The van der Waals surface area contributed by atoms with Crippen LogP contribution in [0.1, 0.15) is 49.9 Å². The van der Waals surface area contributed by atoms with Crippen molar-refractivity contribution >= 4 is 5.91 Å². The Labute approximate surface area is 149 Å². The predicted molar refractivity (Wildman–Crippen MR) is 99.2 cm³/mol. The normalized spacial score (nSPS) is 17.7. The number of benzene rings is 1. The Morgan fingerprint density at radius 1 is 1.28 bits per heavy atom. The second-order valence-electron chi connectivity index (χ2n) is 7.20. The van der Waals surface area contributed by atoms with Gasteiger partial charge in [-0.3, -0.25) is 9.48 Å². The van der Waals surface area contributed by atoms with Crippen LogP contribution in [0.3, 0.4) is 0 Å². The largest absolute Gasteiger partial charge is 0.348 e. The third-order valence-electron chi connectivity index (χ3n) is 5.02. The fourth-order valence-electron chi connectivity index (χ4n) is 3.10. The van der Waals surface area contributed by atoms with Crippen LogP contribution in [0.15, 0.2) is 42.7 Å². The van der Waals surface area contributed by atoms with Gasteiger partial charge >= 0.3 is 0 Å². The van der Waals surface area contributed by atoms with Crippen molar-refractivity contribution in [3.8, 4) is 0 Å². The molecule has 0 radical (unpaired) electrons. The Bertz CT molecular complexity index is 693. The number of rotatable bonds is 8. The summed E-state index contributed by atoms with van der Waals surface area (Å²) >= 11 is 0. The number of aromatic nitrogens is 2. The maximum absolute atomic E-state index is 12.4. The molecular weight excluding hydrogens is 312 g/mol. The van der Waals surface area contributed by atoms with Gasteiger partial charge in [0, 0.05) is 12.2 Å². The van der Waals surface area contributed by atoms with E-state index in [-0.39, 0.29) is 24.0 Å². The van der Waals surface area contributed by atoms with Crippen LogP contribution >= 0.6 is 0 Å². The van der Waals surface area contributed by atoms with Crippen LogP contribution in [-0.2, 0) is 4.79 Å². The summed E-state index contributed by atoms with van der Waals surface area (Å²) in [6.07, 6.45) is 6.27. The van der Waals surface area contributed by atoms with E-state index in [1.54, 1.807) is 0 Å². The van der Waals surface area contributed by atoms with Crippen molar-refractivity contribution in [1.29, 1.82) is 0 Å². The van der Waals surface area contributed by atoms with Crippen molar-refractivity contribution in [3.63, 3.8) is 0 Å². The maximum atomic E-state index is 12.4. The van der Waals surface area contributed by atoms with Crippen LogP contribution in [0.4, 0.5) is 0 Å². The zero-order valence-electron chi connectivity index (χ0n) is 15.3. The summed E-state index contributed by atoms with van der Waals surface area (Å²) in [4.78, 5) is 12.4. The molecule has 5 heteroatoms. The number of nitrogens with zero attached hydrogens (tertiary/aromatic N) is 2. The van der Waals surface area contributed by atoms with Gasteiger partial charge < -0.3 is 10.6 Å². The van der Waals surface area contributed by atoms with Gasteiger partial charge in [-0.25, -0.2) is 0 Å². The molecule has 0 bridgehead atoms. The minimum Gasteiger partial charge on any atom is -0.348 e. The highest BCUT2D eigenvalue weighted by atomic mass is 16.2. The Hall–Kier alpha value is -2.14. The van der Waals surface area contributed by atoms with Crippen molar-refractivity contribution in [2.24, 2.45) is 5.92 Å². The monoisotopic (exact) mass is 340 g/mol. The van der Waals surface area contributed by atoms with E-state index in [0.29, 0.717) is 12.5 Å². The zero-order chi connectivity index (χ0) is 17.8. The Morgan fingerprint density at radius 3 is 2.60 bits per heavy atom. The molecule has 3 rings (SSSR count). The third kappa shape index (κ3) is 4.69. The van der Waals surface area contributed by atoms with Crippen LogP contribution in [0.25, 0.3) is 0 Å². The van der Waals surface area contributed by atoms with E-state index in [2.05, 4.69) is 41.7 Å². The van der Waals surface area contributed by atoms with Crippen molar-refractivity contribution in [3.05, 3.63) is 53.9 Å². The van der Waals surface area contributed by atoms with E-state index < -0.39 is 0 Å². The summed E-state index contributed by atoms with van der Waals surface area (Å²) in [5.41, 5.74) is 2.35. The van der Waals surface area contributed by atoms with Gasteiger partial charge in [-0.2, -0.15) is 5.10 Å². The minimum absolute atomic E-state index is 0.0523. The molecule has 1 aromatic heterocycles. The molecule has 0 spiro atoms. The lowest BCUT2D eigenvalue weighted by molar-refractivity contribution is -0.121. The van der Waals surface area contributed by atoms with E-state index in [1.807, 2.05) is 42.2 Å². The molecule has 1 aliphatic carbocycles. The lowest BCUT2D eigenvalue weighted by Crippen LogP contribution is -2.42. The topological polar surface area (TPSA) is 59.0 Å². The van der Waals surface area contributed by atoms with Gasteiger partial charge in [0.25, 0.3) is 0 Å². The zero-order valence-corrected chi connectivity index (χ0v) is 15.3. The van der Waals surface area contributed by atoms with E-state index >= 15 is 0 Å². The lowest BCUT2D eigenvalue weighted by atomic mass is 10.0. The SMILES string of the molecule is Cc1cnn([C@H](C)[C@H](C)NCC(=O)N[C@H](c2ccccc2)C2CC2)c1. The molecule has 2 aromatic rings. The van der Waals surface area contributed by atoms with Gasteiger partial charge in [0.2, 0.25) is 5.91 Å². The average molecular weight is 340 g/mol. The molecule has 0 saturated heterocycles. The highest BCUT2D eigenvalue weighted by molar-refractivity contribution is 5.78. The molecular formula is C20H28N4O. The summed E-state index contributed by atoms with van der Waals surface area (Å²) in [7, 11) is 0. The number of hydrogen-bond acceptors (Lipinski definition) is 3. The number of aryl methyl sites for hydroxylation is 1. The molecule has 134 valence electrons. The van der Waals surface area contributed by atoms with Crippen LogP contribution in [0, 0.1) is 12.8 Å². The van der Waals surface area contributed by atoms with Crippen molar-refractivity contribution in [2.45, 2.75) is 51.7 Å². The molecule has 1 amide bonds. The summed E-state index contributed by atoms with van der Waals surface area (Å²) in [6.45, 7) is 6.55. The summed E-state index contributed by atoms with van der Waals surface area (Å²) < 4.78 is 1.95. The first kappa shape index (κ1) is 17.7. The third-order valence-corrected chi connectivity index (χ3v) is 5.02. The van der Waals surface area contributed by atoms with Gasteiger partial charge in [0.1, 0.15) is 0 Å². The van der Waals surface area contributed by atoms with Gasteiger partial charge in [0.05, 0.1) is 24.8 Å². The quantitative estimate of drug-likeness (QED) is 0.777. The second-order valence-corrected chi connectivity index (χ2v) is 7.20. The van der Waals surface area contributed by atoms with Crippen LogP contribution in [0.2, 0.25) is 0 Å². The molecule has 1 aliphatic rings. The first-order valence-electron chi connectivity index (χ1n) is 9.13. The fourth-order valence-corrected chi connectivity index (χ4v) is 3.10. The van der Waals surface area contributed by atoms with Crippen molar-refractivity contribution < 1.29 is 4.79 Å². The smallest absolute Gasteiger partial charge is 0.234 e. The molecule has 2 N–H and O–H groups in total. The fraction of sp³-hybridized carbons (Fsp3) is 0.500. The van der Waals surface area contributed by atoms with E-state index in [0.717, 1.165) is 5.56 Å². The molecule has 5 nitrogen and oxygen atoms in total. The molecule has 0 unspecified atom stereocenters. The summed E-state index contributed by atoms with van der Waals surface area (Å²) in [6, 6.07) is 10.8. The number of nitrogens with one attached hydrogen (secondary N) is 2. The van der Waals surface area contributed by atoms with Gasteiger partial charge in [-0.15, -0.1) is 0 Å². The number of hydrogen-bond donors (Lipinski definition) is 2. The van der Waals surface area contributed by atoms with Crippen LogP contribution < -0.4 is 10.6 Å². The van der Waals surface area contributed by atoms with Crippen LogP contribution in [0.5, 0.6) is 0 Å². The molecule has 1 heterocycles. The number of amides is 1. The number of carbonyl (C=O) groups excluding carboxylic acids is 1. The van der Waals surface area contributed by atoms with Crippen LogP contribution in [-0.4, -0.2) is 28.3 Å². The Kier molecular flexibility index (Phi) is 5.53. The molecule has 1 aromatic carbocycles. The highest BCUT2D eigenvalue weighted by Gasteiger charge is 2.33. The second kappa shape index (κ2) is 7.83. The first-order valence-corrected chi connectivity index (χ1v) is 9.13. The molecule has 3 atom stereocenters. The summed E-state index contributed by atoms with van der Waals surface area (Å²) in [5, 5.41) is 10.9. The van der Waals surface area contributed by atoms with E-state index in [9.17, 15) is 4.79 Å². The minimum atomic E-state index is 0.0523. The Balaban J connectivity index is 1.51. The summed E-state index contributed by atoms with van der Waals surface area (Å²) in [5.74, 6) is 0.631. The molecule has 25 heavy (non-hydrogen) atoms. The standard InChI is InChI=1S/C20H28N4O/c1-14-11-22-24(13-14)16(3)15(2)21-12-19(25)23-20(18-9-10-18)17-7-5-4-6-8-17/h4-8,11,13,15-16,18,20-21H,9-10,12H2,1-3H3,(H,23,25)/t15-,16+,20+/m0/s1.